The molecule has 0 atom stereocenters. The molecule has 0 spiro atoms. The molecule has 0 amide bonds. The van der Waals surface area contributed by atoms with Crippen molar-refractivity contribution in [1.82, 2.24) is 0 Å². The molecule has 0 fully saturated rings. The minimum absolute atomic E-state index is 0.121. The molecule has 0 aromatic heterocycles. The molecule has 0 aliphatic rings. The number of hydrogen-bond acceptors (Lipinski definition) is 5. The van der Waals surface area contributed by atoms with Crippen LogP contribution in [-0.4, -0.2) is 36.2 Å². The van der Waals surface area contributed by atoms with Crippen LogP contribution in [0.5, 0.6) is 0 Å². The molecule has 278 valence electrons. The van der Waals surface area contributed by atoms with E-state index in [-0.39, 0.29) is 12.8 Å². The van der Waals surface area contributed by atoms with Crippen LogP contribution in [0.3, 0.4) is 0 Å². The lowest BCUT2D eigenvalue weighted by atomic mass is 10.1. The number of carbonyl (C=O) groups excluding carboxylic acids is 2. The van der Waals surface area contributed by atoms with Crippen LogP contribution >= 0.6 is 0 Å². The molecular formula is C43H76O5. The summed E-state index contributed by atoms with van der Waals surface area (Å²) in [6.07, 6.45) is 41.3. The second-order valence-corrected chi connectivity index (χ2v) is 12.9. The van der Waals surface area contributed by atoms with E-state index in [4.69, 9.17) is 16.3 Å². The Morgan fingerprint density at radius 1 is 0.500 bits per heavy atom. The maximum Gasteiger partial charge on any atom is 0.305 e. The number of carbonyl (C=O) groups is 2. The van der Waals surface area contributed by atoms with Gasteiger partial charge in [0.1, 0.15) is 19.2 Å². The molecule has 0 aromatic carbocycles. The molecule has 0 aromatic rings. The topological polar surface area (TPSA) is 72.8 Å². The second-order valence-electron chi connectivity index (χ2n) is 12.9. The van der Waals surface area contributed by atoms with Crippen molar-refractivity contribution in [1.29, 1.82) is 0 Å². The zero-order chi connectivity index (χ0) is 39.5. The SMILES string of the molecule is [2H]C([2H])(OC(=O)CCCCCCCCC/C=C\C/C=C\CCCCC)C([2H])(O)C([2H])([2H])OC(=O)CCCCCCCCC/C=C\C/C=C\CCCCC. The van der Waals surface area contributed by atoms with Crippen molar-refractivity contribution in [3.8, 4) is 0 Å². The van der Waals surface area contributed by atoms with Gasteiger partial charge in [0.15, 0.2) is 0 Å². The molecular weight excluding hydrogens is 596 g/mol. The molecule has 48 heavy (non-hydrogen) atoms. The molecule has 0 radical (unpaired) electrons. The van der Waals surface area contributed by atoms with Crippen LogP contribution in [0, 0.1) is 0 Å². The highest BCUT2D eigenvalue weighted by Crippen LogP contribution is 2.12. The van der Waals surface area contributed by atoms with Gasteiger partial charge in [0.2, 0.25) is 0 Å². The van der Waals surface area contributed by atoms with Gasteiger partial charge in [-0.3, -0.25) is 9.59 Å². The van der Waals surface area contributed by atoms with E-state index < -0.39 is 31.1 Å². The summed E-state index contributed by atoms with van der Waals surface area (Å²) in [6, 6.07) is 0. The third-order valence-corrected chi connectivity index (χ3v) is 8.19. The van der Waals surface area contributed by atoms with E-state index in [1.807, 2.05) is 0 Å². The average molecular weight is 678 g/mol. The monoisotopic (exact) mass is 678 g/mol. The molecule has 0 aliphatic carbocycles. The standard InChI is InChI=1S/C43H76O5/c1-3-5-7-9-11-13-15-17-19-21-23-25-27-29-31-33-35-37-42(45)47-39-41(44)40-48-43(46)38-36-34-32-30-28-26-24-22-20-18-16-14-12-10-8-6-4-2/h11-14,17-20,41,44H,3-10,15-16,21-40H2,1-2H3/b13-11-,14-12-,19-17-,20-18-/i39D2,40D2,41D. The number of aliphatic hydroxyl groups is 1. The highest BCUT2D eigenvalue weighted by molar-refractivity contribution is 5.69. The van der Waals surface area contributed by atoms with Crippen LogP contribution in [0.15, 0.2) is 48.6 Å². The summed E-state index contributed by atoms with van der Waals surface area (Å²) in [4.78, 5) is 24.6. The molecule has 5 heteroatoms. The van der Waals surface area contributed by atoms with E-state index >= 15 is 0 Å². The van der Waals surface area contributed by atoms with Crippen LogP contribution < -0.4 is 0 Å². The van der Waals surface area contributed by atoms with Gasteiger partial charge >= 0.3 is 11.9 Å². The van der Waals surface area contributed by atoms with E-state index in [9.17, 15) is 14.7 Å². The van der Waals surface area contributed by atoms with E-state index in [1.54, 1.807) is 0 Å². The Morgan fingerprint density at radius 3 is 1.12 bits per heavy atom. The first kappa shape index (κ1) is 37.1. The molecule has 0 unspecified atom stereocenters. The quantitative estimate of drug-likeness (QED) is 0.0406. The normalized spacial score (nSPS) is 14.4. The minimum Gasteiger partial charge on any atom is -0.463 e. The Bertz CT molecular complexity index is 945. The number of esters is 2. The lowest BCUT2D eigenvalue weighted by molar-refractivity contribution is -0.152. The number of rotatable bonds is 36. The predicted molar refractivity (Wildman–Crippen MR) is 205 cm³/mol. The predicted octanol–water partition coefficient (Wildman–Crippen LogP) is 12.6. The maximum atomic E-state index is 12.3. The molecule has 0 aliphatic heterocycles. The van der Waals surface area contributed by atoms with Gasteiger partial charge in [-0.05, 0) is 77.0 Å². The van der Waals surface area contributed by atoms with Crippen molar-refractivity contribution in [3.63, 3.8) is 0 Å². The van der Waals surface area contributed by atoms with Gasteiger partial charge in [-0.25, -0.2) is 0 Å². The lowest BCUT2D eigenvalue weighted by Crippen LogP contribution is -2.25. The van der Waals surface area contributed by atoms with E-state index in [0.717, 1.165) is 103 Å². The highest BCUT2D eigenvalue weighted by Gasteiger charge is 2.12. The molecule has 0 saturated heterocycles. The van der Waals surface area contributed by atoms with Crippen LogP contribution in [0.4, 0.5) is 0 Å². The van der Waals surface area contributed by atoms with Gasteiger partial charge in [0.05, 0.1) is 6.85 Å². The summed E-state index contributed by atoms with van der Waals surface area (Å²) in [5.41, 5.74) is 0. The number of allylic oxidation sites excluding steroid dienone is 8. The smallest absolute Gasteiger partial charge is 0.305 e. The minimum atomic E-state index is -3.66. The zero-order valence-electron chi connectivity index (χ0n) is 36.0. The number of ether oxygens (including phenoxy) is 2. The largest absolute Gasteiger partial charge is 0.463 e. The van der Waals surface area contributed by atoms with E-state index in [2.05, 4.69) is 62.5 Å². The van der Waals surface area contributed by atoms with Gasteiger partial charge in [0.25, 0.3) is 0 Å². The average Bonchev–Trinajstić information content (AvgIpc) is 3.10. The molecule has 0 heterocycles. The number of unbranched alkanes of at least 4 members (excludes halogenated alkanes) is 20. The highest BCUT2D eigenvalue weighted by atomic mass is 16.6. The fraction of sp³-hybridized carbons (Fsp3) is 0.767. The van der Waals surface area contributed by atoms with Crippen molar-refractivity contribution in [3.05, 3.63) is 48.6 Å². The lowest BCUT2D eigenvalue weighted by Gasteiger charge is -2.12. The van der Waals surface area contributed by atoms with Crippen molar-refractivity contribution in [2.45, 2.75) is 200 Å². The van der Waals surface area contributed by atoms with E-state index in [0.29, 0.717) is 12.8 Å². The van der Waals surface area contributed by atoms with Crippen LogP contribution in [0.25, 0.3) is 0 Å². The van der Waals surface area contributed by atoms with Crippen molar-refractivity contribution in [2.75, 3.05) is 13.1 Å². The zero-order valence-corrected chi connectivity index (χ0v) is 31.0. The molecule has 1 N–H and O–H groups in total. The fourth-order valence-electron chi connectivity index (χ4n) is 5.20. The molecule has 0 bridgehead atoms. The molecule has 5 nitrogen and oxygen atoms in total. The number of hydrogen-bond donors (Lipinski definition) is 1. The fourth-order valence-corrected chi connectivity index (χ4v) is 5.20. The van der Waals surface area contributed by atoms with Crippen LogP contribution in [-0.2, 0) is 19.1 Å². The summed E-state index contributed by atoms with van der Waals surface area (Å²) in [6.45, 7) is -2.44. The van der Waals surface area contributed by atoms with Crippen molar-refractivity contribution < 1.29 is 31.0 Å². The van der Waals surface area contributed by atoms with Gasteiger partial charge in [0, 0.05) is 12.8 Å². The van der Waals surface area contributed by atoms with Crippen LogP contribution in [0.2, 0.25) is 0 Å². The van der Waals surface area contributed by atoms with Gasteiger partial charge in [-0.15, -0.1) is 0 Å². The van der Waals surface area contributed by atoms with Gasteiger partial charge in [-0.1, -0.05) is 152 Å². The summed E-state index contributed by atoms with van der Waals surface area (Å²) in [5.74, 6) is -1.97. The second kappa shape index (κ2) is 39.3. The van der Waals surface area contributed by atoms with Crippen LogP contribution in [0.1, 0.15) is 200 Å². The molecule has 0 saturated carbocycles. The Labute approximate surface area is 304 Å². The first-order valence-corrected chi connectivity index (χ1v) is 19.7. The Balaban J connectivity index is 4.06. The summed E-state index contributed by atoms with van der Waals surface area (Å²) >= 11 is 0. The van der Waals surface area contributed by atoms with Gasteiger partial charge < -0.3 is 14.6 Å². The first-order valence-electron chi connectivity index (χ1n) is 22.2. The Hall–Kier alpha value is -2.14. The maximum absolute atomic E-state index is 12.3. The van der Waals surface area contributed by atoms with E-state index in [1.165, 1.54) is 51.4 Å². The Kier molecular flexibility index (Phi) is 30.4. The third kappa shape index (κ3) is 38.3. The van der Waals surface area contributed by atoms with Crippen molar-refractivity contribution in [2.24, 2.45) is 0 Å². The van der Waals surface area contributed by atoms with Gasteiger partial charge in [-0.2, -0.15) is 0 Å². The Morgan fingerprint density at radius 2 is 0.792 bits per heavy atom. The van der Waals surface area contributed by atoms with Crippen molar-refractivity contribution >= 4 is 11.9 Å². The third-order valence-electron chi connectivity index (χ3n) is 8.19. The first-order chi connectivity index (χ1) is 25.4. The summed E-state index contributed by atoms with van der Waals surface area (Å²) < 4.78 is 49.2. The summed E-state index contributed by atoms with van der Waals surface area (Å²) in [5, 5.41) is 10.5. The molecule has 0 rings (SSSR count). The summed E-state index contributed by atoms with van der Waals surface area (Å²) in [7, 11) is 0.